The van der Waals surface area contributed by atoms with E-state index in [9.17, 15) is 14.4 Å². The topological polar surface area (TPSA) is 100 Å². The second kappa shape index (κ2) is 10.7. The molecule has 1 saturated heterocycles. The van der Waals surface area contributed by atoms with Crippen molar-refractivity contribution in [2.75, 3.05) is 31.6 Å². The number of hydrogen-bond acceptors (Lipinski definition) is 5. The average Bonchev–Trinajstić information content (AvgIpc) is 2.80. The molecular weight excluding hydrogens is 384 g/mol. The molecule has 0 bridgehead atoms. The molecule has 30 heavy (non-hydrogen) atoms. The van der Waals surface area contributed by atoms with E-state index in [2.05, 4.69) is 15.8 Å². The van der Waals surface area contributed by atoms with Crippen molar-refractivity contribution >= 4 is 35.7 Å². The molecule has 0 saturated carbocycles. The Morgan fingerprint density at radius 3 is 2.40 bits per heavy atom. The Kier molecular flexibility index (Phi) is 7.45. The van der Waals surface area contributed by atoms with Crippen LogP contribution in [0.3, 0.4) is 0 Å². The first-order valence-corrected chi connectivity index (χ1v) is 9.47. The number of benzene rings is 2. The molecule has 0 unspecified atom stereocenters. The van der Waals surface area contributed by atoms with Gasteiger partial charge in [0.2, 0.25) is 0 Å². The summed E-state index contributed by atoms with van der Waals surface area (Å²) in [5, 5.41) is 6.19. The van der Waals surface area contributed by atoms with E-state index in [0.29, 0.717) is 31.9 Å². The van der Waals surface area contributed by atoms with Crippen molar-refractivity contribution < 1.29 is 19.1 Å². The van der Waals surface area contributed by atoms with Gasteiger partial charge in [-0.05, 0) is 23.8 Å². The van der Waals surface area contributed by atoms with E-state index in [-0.39, 0.29) is 11.6 Å². The van der Waals surface area contributed by atoms with Crippen molar-refractivity contribution in [1.82, 2.24) is 10.3 Å². The van der Waals surface area contributed by atoms with E-state index in [4.69, 9.17) is 4.74 Å². The highest BCUT2D eigenvalue weighted by Gasteiger charge is 2.22. The zero-order chi connectivity index (χ0) is 21.2. The van der Waals surface area contributed by atoms with Gasteiger partial charge in [0.05, 0.1) is 24.5 Å². The van der Waals surface area contributed by atoms with Gasteiger partial charge >= 0.3 is 11.8 Å². The number of hydrazone groups is 1. The molecule has 2 aromatic carbocycles. The standard InChI is InChI=1S/C22H22N4O4/c27-20(21(28)25-23-12-6-9-17-7-2-1-3-8-17)24-19-11-5-4-10-18(19)22(29)26-13-15-30-16-14-26/h1-12H,13-16H2,(H,24,27)(H,25,28)/b9-6+,23-12+. The number of nitrogens with zero attached hydrogens (tertiary/aromatic N) is 2. The maximum absolute atomic E-state index is 12.7. The summed E-state index contributed by atoms with van der Waals surface area (Å²) in [4.78, 5) is 38.6. The number of hydrogen-bond donors (Lipinski definition) is 2. The Hall–Kier alpha value is -3.78. The lowest BCUT2D eigenvalue weighted by molar-refractivity contribution is -0.136. The molecule has 1 fully saturated rings. The fourth-order valence-electron chi connectivity index (χ4n) is 2.80. The smallest absolute Gasteiger partial charge is 0.329 e. The van der Waals surface area contributed by atoms with Gasteiger partial charge in [0.1, 0.15) is 0 Å². The lowest BCUT2D eigenvalue weighted by Gasteiger charge is -2.27. The maximum atomic E-state index is 12.7. The first-order chi connectivity index (χ1) is 14.6. The molecule has 0 spiro atoms. The monoisotopic (exact) mass is 406 g/mol. The highest BCUT2D eigenvalue weighted by molar-refractivity contribution is 6.40. The molecule has 0 atom stereocenters. The van der Waals surface area contributed by atoms with E-state index < -0.39 is 11.8 Å². The van der Waals surface area contributed by atoms with Crippen LogP contribution in [-0.2, 0) is 14.3 Å². The number of nitrogens with one attached hydrogen (secondary N) is 2. The summed E-state index contributed by atoms with van der Waals surface area (Å²) in [5.41, 5.74) is 3.72. The van der Waals surface area contributed by atoms with Gasteiger partial charge in [0, 0.05) is 19.3 Å². The molecule has 8 nitrogen and oxygen atoms in total. The zero-order valence-electron chi connectivity index (χ0n) is 16.3. The molecule has 1 aliphatic heterocycles. The number of rotatable bonds is 5. The Bertz CT molecular complexity index is 951. The van der Waals surface area contributed by atoms with Gasteiger partial charge < -0.3 is 15.0 Å². The number of morpholine rings is 1. The molecule has 3 amide bonds. The third-order valence-electron chi connectivity index (χ3n) is 4.33. The van der Waals surface area contributed by atoms with Crippen molar-refractivity contribution in [1.29, 1.82) is 0 Å². The highest BCUT2D eigenvalue weighted by Crippen LogP contribution is 2.18. The highest BCUT2D eigenvalue weighted by atomic mass is 16.5. The third kappa shape index (κ3) is 5.86. The summed E-state index contributed by atoms with van der Waals surface area (Å²) in [6.07, 6.45) is 4.82. The van der Waals surface area contributed by atoms with Gasteiger partial charge in [-0.1, -0.05) is 48.5 Å². The van der Waals surface area contributed by atoms with Gasteiger partial charge in [-0.15, -0.1) is 0 Å². The van der Waals surface area contributed by atoms with E-state index in [0.717, 1.165) is 5.56 Å². The first-order valence-electron chi connectivity index (χ1n) is 9.47. The van der Waals surface area contributed by atoms with Gasteiger partial charge in [-0.3, -0.25) is 14.4 Å². The number of carbonyl (C=O) groups excluding carboxylic acids is 3. The fourth-order valence-corrected chi connectivity index (χ4v) is 2.80. The summed E-state index contributed by atoms with van der Waals surface area (Å²) in [6, 6.07) is 16.1. The molecule has 2 N–H and O–H groups in total. The summed E-state index contributed by atoms with van der Waals surface area (Å²) < 4.78 is 5.26. The molecule has 2 aromatic rings. The summed E-state index contributed by atoms with van der Waals surface area (Å²) in [6.45, 7) is 1.90. The zero-order valence-corrected chi connectivity index (χ0v) is 16.3. The van der Waals surface area contributed by atoms with Crippen LogP contribution in [0.5, 0.6) is 0 Å². The second-order valence-electron chi connectivity index (χ2n) is 6.39. The minimum atomic E-state index is -0.937. The molecule has 1 aliphatic rings. The van der Waals surface area contributed by atoms with Crippen LogP contribution in [0.2, 0.25) is 0 Å². The Morgan fingerprint density at radius 2 is 1.63 bits per heavy atom. The van der Waals surface area contributed by atoms with E-state index in [1.807, 2.05) is 36.4 Å². The Labute approximate surface area is 174 Å². The van der Waals surface area contributed by atoms with Crippen LogP contribution in [0.15, 0.2) is 65.8 Å². The van der Waals surface area contributed by atoms with Crippen LogP contribution in [0.4, 0.5) is 5.69 Å². The molecule has 0 aliphatic carbocycles. The second-order valence-corrected chi connectivity index (χ2v) is 6.39. The predicted octanol–water partition coefficient (Wildman–Crippen LogP) is 1.91. The number of amides is 3. The Morgan fingerprint density at radius 1 is 0.933 bits per heavy atom. The summed E-state index contributed by atoms with van der Waals surface area (Å²) in [5.74, 6) is -2.08. The molecule has 0 aromatic heterocycles. The van der Waals surface area contributed by atoms with Crippen molar-refractivity contribution in [3.05, 3.63) is 71.8 Å². The first kappa shape index (κ1) is 20.9. The molecule has 8 heteroatoms. The van der Waals surface area contributed by atoms with E-state index >= 15 is 0 Å². The van der Waals surface area contributed by atoms with Crippen LogP contribution in [0.1, 0.15) is 15.9 Å². The molecular formula is C22H22N4O4. The number of allylic oxidation sites excluding steroid dienone is 1. The summed E-state index contributed by atoms with van der Waals surface area (Å²) in [7, 11) is 0. The lowest BCUT2D eigenvalue weighted by atomic mass is 10.1. The van der Waals surface area contributed by atoms with E-state index in [1.165, 1.54) is 6.21 Å². The molecule has 0 radical (unpaired) electrons. The lowest BCUT2D eigenvalue weighted by Crippen LogP contribution is -2.41. The average molecular weight is 406 g/mol. The van der Waals surface area contributed by atoms with Gasteiger partial charge in [-0.25, -0.2) is 5.43 Å². The fraction of sp³-hybridized carbons (Fsp3) is 0.182. The number of ether oxygens (including phenoxy) is 1. The number of anilines is 1. The van der Waals surface area contributed by atoms with Crippen LogP contribution in [0.25, 0.3) is 6.08 Å². The summed E-state index contributed by atoms with van der Waals surface area (Å²) >= 11 is 0. The van der Waals surface area contributed by atoms with Gasteiger partial charge in [0.25, 0.3) is 5.91 Å². The van der Waals surface area contributed by atoms with Gasteiger partial charge in [-0.2, -0.15) is 5.10 Å². The van der Waals surface area contributed by atoms with E-state index in [1.54, 1.807) is 35.2 Å². The molecule has 3 rings (SSSR count). The van der Waals surface area contributed by atoms with Crippen LogP contribution in [0, 0.1) is 0 Å². The quantitative estimate of drug-likeness (QED) is 0.450. The van der Waals surface area contributed by atoms with Crippen LogP contribution in [-0.4, -0.2) is 55.1 Å². The number of para-hydroxylation sites is 1. The molecule has 1 heterocycles. The predicted molar refractivity (Wildman–Crippen MR) is 114 cm³/mol. The normalized spacial score (nSPS) is 14.1. The largest absolute Gasteiger partial charge is 0.378 e. The minimum Gasteiger partial charge on any atom is -0.378 e. The van der Waals surface area contributed by atoms with Crippen LogP contribution >= 0.6 is 0 Å². The molecule has 154 valence electrons. The van der Waals surface area contributed by atoms with Gasteiger partial charge in [0.15, 0.2) is 0 Å². The Balaban J connectivity index is 1.56. The number of carbonyl (C=O) groups is 3. The van der Waals surface area contributed by atoms with Crippen molar-refractivity contribution in [3.63, 3.8) is 0 Å². The van der Waals surface area contributed by atoms with Crippen molar-refractivity contribution in [2.24, 2.45) is 5.10 Å². The maximum Gasteiger partial charge on any atom is 0.329 e. The van der Waals surface area contributed by atoms with Crippen LogP contribution < -0.4 is 10.7 Å². The van der Waals surface area contributed by atoms with Crippen molar-refractivity contribution in [2.45, 2.75) is 0 Å². The third-order valence-corrected chi connectivity index (χ3v) is 4.33. The van der Waals surface area contributed by atoms with Crippen molar-refractivity contribution in [3.8, 4) is 0 Å². The minimum absolute atomic E-state index is 0.223. The SMILES string of the molecule is O=C(N/N=C/C=C/c1ccccc1)C(=O)Nc1ccccc1C(=O)N1CCOCC1.